The van der Waals surface area contributed by atoms with Gasteiger partial charge in [0, 0.05) is 16.8 Å². The van der Waals surface area contributed by atoms with Crippen molar-refractivity contribution in [2.24, 2.45) is 0 Å². The average molecular weight is 398 g/mol. The van der Waals surface area contributed by atoms with Gasteiger partial charge >= 0.3 is 0 Å². The Morgan fingerprint density at radius 3 is 2.30 bits per heavy atom. The van der Waals surface area contributed by atoms with E-state index in [1.165, 1.54) is 22.3 Å². The van der Waals surface area contributed by atoms with Crippen molar-refractivity contribution >= 4 is 17.7 Å². The molecule has 3 nitrogen and oxygen atoms in total. The number of aryl methyl sites for hydroxylation is 1. The van der Waals surface area contributed by atoms with Gasteiger partial charge in [0.15, 0.2) is 0 Å². The predicted molar refractivity (Wildman–Crippen MR) is 125 cm³/mol. The molecule has 0 atom stereocenters. The number of benzene rings is 3. The number of nitrogens with one attached hydrogen (secondary N) is 1. The van der Waals surface area contributed by atoms with Crippen molar-refractivity contribution in [2.75, 3.05) is 26.5 Å². The van der Waals surface area contributed by atoms with Gasteiger partial charge in [0.25, 0.3) is 5.91 Å². The van der Waals surface area contributed by atoms with E-state index in [1.54, 1.807) is 0 Å². The number of nitrogens with zero attached hydrogens (tertiary/aromatic N) is 1. The number of hydrogen-bond donors (Lipinski definition) is 1. The van der Waals surface area contributed by atoms with E-state index < -0.39 is 0 Å². The molecule has 0 saturated heterocycles. The average Bonchev–Trinajstić information content (AvgIpc) is 2.74. The van der Waals surface area contributed by atoms with Crippen LogP contribution in [0.15, 0.2) is 78.4 Å². The molecule has 152 valence electrons. The Morgan fingerprint density at radius 1 is 0.867 bits per heavy atom. The van der Waals surface area contributed by atoms with Crippen molar-refractivity contribution in [1.82, 2.24) is 0 Å². The summed E-state index contributed by atoms with van der Waals surface area (Å²) in [7, 11) is 6.52. The van der Waals surface area contributed by atoms with E-state index in [0.29, 0.717) is 0 Å². The lowest BCUT2D eigenvalue weighted by Crippen LogP contribution is -2.33. The van der Waals surface area contributed by atoms with Gasteiger partial charge in [-0.25, -0.2) is 0 Å². The van der Waals surface area contributed by atoms with Crippen LogP contribution in [-0.2, 0) is 17.8 Å². The van der Waals surface area contributed by atoms with Crippen LogP contribution in [0.25, 0.3) is 17.2 Å². The zero-order valence-electron chi connectivity index (χ0n) is 18.0. The van der Waals surface area contributed by atoms with E-state index in [1.807, 2.05) is 24.3 Å². The fourth-order valence-electron chi connectivity index (χ4n) is 3.93. The molecule has 1 amide bonds. The third-order valence-corrected chi connectivity index (χ3v) is 5.41. The molecule has 3 aromatic rings. The molecule has 0 spiro atoms. The molecular formula is C27H29N2O+. The van der Waals surface area contributed by atoms with E-state index in [-0.39, 0.29) is 5.91 Å². The fourth-order valence-corrected chi connectivity index (χ4v) is 3.93. The van der Waals surface area contributed by atoms with Crippen LogP contribution >= 0.6 is 0 Å². The number of rotatable bonds is 5. The van der Waals surface area contributed by atoms with Crippen molar-refractivity contribution in [3.05, 3.63) is 95.1 Å². The molecule has 3 aromatic carbocycles. The van der Waals surface area contributed by atoms with Gasteiger partial charge in [-0.2, -0.15) is 0 Å². The van der Waals surface area contributed by atoms with Gasteiger partial charge in [0.2, 0.25) is 0 Å². The molecule has 1 N–H and O–H groups in total. The maximum atomic E-state index is 12.9. The lowest BCUT2D eigenvalue weighted by Gasteiger charge is -2.24. The minimum atomic E-state index is -0.00915. The molecule has 0 saturated carbocycles. The predicted octanol–water partition coefficient (Wildman–Crippen LogP) is 5.53. The summed E-state index contributed by atoms with van der Waals surface area (Å²) in [5.74, 6) is -0.00915. The summed E-state index contributed by atoms with van der Waals surface area (Å²) in [6, 6.07) is 25.1. The van der Waals surface area contributed by atoms with Crippen molar-refractivity contribution in [3.63, 3.8) is 0 Å². The quantitative estimate of drug-likeness (QED) is 0.564. The summed E-state index contributed by atoms with van der Waals surface area (Å²) >= 11 is 0. The van der Waals surface area contributed by atoms with Crippen LogP contribution in [0, 0.1) is 0 Å². The first-order chi connectivity index (χ1) is 14.4. The second kappa shape index (κ2) is 8.29. The Kier molecular flexibility index (Phi) is 5.56. The monoisotopic (exact) mass is 397 g/mol. The Balaban J connectivity index is 1.50. The second-order valence-electron chi connectivity index (χ2n) is 9.05. The summed E-state index contributed by atoms with van der Waals surface area (Å²) in [6.45, 7) is 0.958. The normalized spacial score (nSPS) is 13.4. The van der Waals surface area contributed by atoms with E-state index in [0.717, 1.165) is 40.7 Å². The Bertz CT molecular complexity index is 1070. The summed E-state index contributed by atoms with van der Waals surface area (Å²) in [5.41, 5.74) is 7.76. The number of fused-ring (bicyclic) bond motifs is 1. The number of carbonyl (C=O) groups is 1. The molecule has 0 radical (unpaired) electrons. The van der Waals surface area contributed by atoms with Crippen LogP contribution in [0.2, 0.25) is 0 Å². The van der Waals surface area contributed by atoms with Gasteiger partial charge in [-0.1, -0.05) is 54.6 Å². The molecule has 0 unspecified atom stereocenters. The molecule has 4 rings (SSSR count). The highest BCUT2D eigenvalue weighted by Gasteiger charge is 2.17. The van der Waals surface area contributed by atoms with Gasteiger partial charge in [-0.15, -0.1) is 0 Å². The Labute approximate surface area is 179 Å². The smallest absolute Gasteiger partial charge is 0.251 e. The zero-order valence-corrected chi connectivity index (χ0v) is 18.0. The van der Waals surface area contributed by atoms with Gasteiger partial charge in [-0.3, -0.25) is 4.79 Å². The fraction of sp³-hybridized carbons (Fsp3) is 0.222. The van der Waals surface area contributed by atoms with Crippen LogP contribution in [0.5, 0.6) is 0 Å². The van der Waals surface area contributed by atoms with Crippen LogP contribution in [0.1, 0.15) is 23.1 Å². The lowest BCUT2D eigenvalue weighted by molar-refractivity contribution is -0.884. The highest BCUT2D eigenvalue weighted by molar-refractivity contribution is 6.07. The Hall–Kier alpha value is -3.17. The van der Waals surface area contributed by atoms with E-state index in [2.05, 4.69) is 81.1 Å². The Morgan fingerprint density at radius 2 is 1.60 bits per heavy atom. The minimum absolute atomic E-state index is 0.00915. The van der Waals surface area contributed by atoms with E-state index >= 15 is 0 Å². The molecule has 0 fully saturated rings. The molecular weight excluding hydrogens is 368 g/mol. The maximum Gasteiger partial charge on any atom is 0.251 e. The molecule has 30 heavy (non-hydrogen) atoms. The molecule has 0 aliphatic heterocycles. The van der Waals surface area contributed by atoms with Crippen molar-refractivity contribution in [3.8, 4) is 11.1 Å². The summed E-state index contributed by atoms with van der Waals surface area (Å²) < 4.78 is 0.878. The highest BCUT2D eigenvalue weighted by Crippen LogP contribution is 2.29. The van der Waals surface area contributed by atoms with Gasteiger partial charge < -0.3 is 9.80 Å². The SMILES string of the molecule is C[N+](C)(C)Cc1ccc(NC(=O)C2=Cc3cc(-c4ccccc4)ccc3CC2)cc1. The molecule has 0 bridgehead atoms. The molecule has 0 heterocycles. The summed E-state index contributed by atoms with van der Waals surface area (Å²) in [6.07, 6.45) is 3.71. The van der Waals surface area contributed by atoms with Gasteiger partial charge in [0.1, 0.15) is 6.54 Å². The van der Waals surface area contributed by atoms with E-state index in [9.17, 15) is 4.79 Å². The molecule has 3 heteroatoms. The highest BCUT2D eigenvalue weighted by atomic mass is 16.1. The minimum Gasteiger partial charge on any atom is -0.327 e. The summed E-state index contributed by atoms with van der Waals surface area (Å²) in [5, 5.41) is 3.07. The topological polar surface area (TPSA) is 29.1 Å². The van der Waals surface area contributed by atoms with Crippen molar-refractivity contribution in [2.45, 2.75) is 19.4 Å². The lowest BCUT2D eigenvalue weighted by atomic mass is 9.89. The van der Waals surface area contributed by atoms with Crippen LogP contribution in [0.4, 0.5) is 5.69 Å². The zero-order chi connectivity index (χ0) is 21.1. The van der Waals surface area contributed by atoms with Crippen LogP contribution in [-0.4, -0.2) is 31.5 Å². The first-order valence-corrected chi connectivity index (χ1v) is 10.5. The second-order valence-corrected chi connectivity index (χ2v) is 9.05. The first kappa shape index (κ1) is 20.1. The van der Waals surface area contributed by atoms with Gasteiger partial charge in [0.05, 0.1) is 21.1 Å². The van der Waals surface area contributed by atoms with Crippen molar-refractivity contribution in [1.29, 1.82) is 0 Å². The largest absolute Gasteiger partial charge is 0.327 e. The maximum absolute atomic E-state index is 12.9. The number of quaternary nitrogens is 1. The third-order valence-electron chi connectivity index (χ3n) is 5.41. The molecule has 1 aliphatic carbocycles. The first-order valence-electron chi connectivity index (χ1n) is 10.5. The van der Waals surface area contributed by atoms with Gasteiger partial charge in [-0.05, 0) is 59.4 Å². The molecule has 0 aromatic heterocycles. The number of carbonyl (C=O) groups excluding carboxylic acids is 1. The number of hydrogen-bond acceptors (Lipinski definition) is 1. The molecule has 1 aliphatic rings. The third kappa shape index (κ3) is 4.87. The standard InChI is InChI=1S/C27H28N2O/c1-29(2,3)19-20-9-15-26(16-10-20)28-27(30)24-14-12-22-11-13-23(17-25(22)18-24)21-7-5-4-6-8-21/h4-11,13,15-18H,12,14,19H2,1-3H3/p+1. The van der Waals surface area contributed by atoms with Crippen LogP contribution < -0.4 is 5.32 Å². The number of amides is 1. The number of anilines is 1. The van der Waals surface area contributed by atoms with Crippen LogP contribution in [0.3, 0.4) is 0 Å². The van der Waals surface area contributed by atoms with Crippen molar-refractivity contribution < 1.29 is 9.28 Å². The van der Waals surface area contributed by atoms with E-state index in [4.69, 9.17) is 0 Å². The summed E-state index contributed by atoms with van der Waals surface area (Å²) in [4.78, 5) is 12.9.